The van der Waals surface area contributed by atoms with Crippen LogP contribution in [0.5, 0.6) is 0 Å². The van der Waals surface area contributed by atoms with E-state index in [1.54, 1.807) is 30.3 Å². The van der Waals surface area contributed by atoms with Crippen molar-refractivity contribution in [3.63, 3.8) is 0 Å². The Morgan fingerprint density at radius 1 is 1.32 bits per heavy atom. The zero-order valence-corrected chi connectivity index (χ0v) is 18.5. The van der Waals surface area contributed by atoms with Crippen molar-refractivity contribution >= 4 is 52.3 Å². The highest BCUT2D eigenvalue weighted by Crippen LogP contribution is 2.44. The molecule has 1 aromatic heterocycles. The monoisotopic (exact) mass is 473 g/mol. The van der Waals surface area contributed by atoms with Crippen LogP contribution in [0.4, 0.5) is 5.69 Å². The van der Waals surface area contributed by atoms with Crippen molar-refractivity contribution in [2.45, 2.75) is 25.2 Å². The molecule has 0 saturated carbocycles. The number of allylic oxidation sites excluding steroid dienone is 3. The molecule has 1 unspecified atom stereocenters. The first kappa shape index (κ1) is 21.6. The molecule has 0 spiro atoms. The van der Waals surface area contributed by atoms with Crippen LogP contribution in [0.3, 0.4) is 0 Å². The maximum atomic E-state index is 12.7. The van der Waals surface area contributed by atoms with E-state index in [1.807, 2.05) is 0 Å². The van der Waals surface area contributed by atoms with Gasteiger partial charge in [-0.25, -0.2) is 0 Å². The van der Waals surface area contributed by atoms with Gasteiger partial charge >= 0.3 is 0 Å². The third-order valence-corrected chi connectivity index (χ3v) is 6.62. The number of nitrogens with one attached hydrogen (secondary N) is 2. The molecule has 6 nitrogen and oxygen atoms in total. The van der Waals surface area contributed by atoms with Gasteiger partial charge in [-0.1, -0.05) is 35.0 Å². The number of hydrogen-bond donors (Lipinski definition) is 2. The summed E-state index contributed by atoms with van der Waals surface area (Å²) in [5.41, 5.74) is 2.15. The maximum absolute atomic E-state index is 12.7. The Morgan fingerprint density at radius 3 is 2.90 bits per heavy atom. The summed E-state index contributed by atoms with van der Waals surface area (Å²) in [6.07, 6.45) is 3.41. The smallest absolute Gasteiger partial charge is 0.234 e. The highest BCUT2D eigenvalue weighted by Gasteiger charge is 2.38. The molecule has 1 aromatic carbocycles. The summed E-state index contributed by atoms with van der Waals surface area (Å²) in [4.78, 5) is 25.2. The normalized spacial score (nSPS) is 18.4. The van der Waals surface area contributed by atoms with Crippen LogP contribution in [-0.4, -0.2) is 17.4 Å². The maximum Gasteiger partial charge on any atom is 0.234 e. The van der Waals surface area contributed by atoms with Crippen molar-refractivity contribution in [1.29, 1.82) is 5.26 Å². The second-order valence-electron chi connectivity index (χ2n) is 7.06. The Balaban J connectivity index is 1.58. The molecule has 9 heteroatoms. The molecule has 2 aromatic rings. The van der Waals surface area contributed by atoms with Crippen LogP contribution in [0.2, 0.25) is 10.0 Å². The predicted molar refractivity (Wildman–Crippen MR) is 121 cm³/mol. The van der Waals surface area contributed by atoms with Crippen LogP contribution in [0.15, 0.2) is 62.9 Å². The third-order valence-electron chi connectivity index (χ3n) is 5.04. The van der Waals surface area contributed by atoms with E-state index in [1.165, 1.54) is 18.0 Å². The summed E-state index contributed by atoms with van der Waals surface area (Å²) in [6, 6.07) is 10.5. The number of thioether (sulfide) groups is 1. The fraction of sp³-hybridized carbons (Fsp3) is 0.227. The van der Waals surface area contributed by atoms with Gasteiger partial charge in [-0.3, -0.25) is 9.59 Å². The molecule has 1 amide bonds. The number of anilines is 1. The van der Waals surface area contributed by atoms with E-state index in [4.69, 9.17) is 27.6 Å². The lowest BCUT2D eigenvalue weighted by Crippen LogP contribution is -2.31. The molecule has 0 bridgehead atoms. The number of dihydropyridines is 1. The minimum Gasteiger partial charge on any atom is -0.468 e. The highest BCUT2D eigenvalue weighted by molar-refractivity contribution is 8.03. The summed E-state index contributed by atoms with van der Waals surface area (Å²) < 4.78 is 5.56. The number of nitrogens with zero attached hydrogens (tertiary/aromatic N) is 1. The van der Waals surface area contributed by atoms with Gasteiger partial charge in [0.2, 0.25) is 5.91 Å². The number of hydrogen-bond acceptors (Lipinski definition) is 6. The molecular formula is C22H17Cl2N3O3S. The van der Waals surface area contributed by atoms with Crippen LogP contribution in [0, 0.1) is 11.3 Å². The van der Waals surface area contributed by atoms with Gasteiger partial charge in [0.15, 0.2) is 5.78 Å². The molecule has 2 N–H and O–H groups in total. The van der Waals surface area contributed by atoms with E-state index >= 15 is 0 Å². The molecule has 31 heavy (non-hydrogen) atoms. The standard InChI is InChI=1S/C22H17Cl2N3O3S/c23-12-6-7-14(24)16(9-12)26-19(29)11-31-22-13(10-25)20(18-5-2-8-30-18)21-15(27-22)3-1-4-17(21)28/h2,5-9,20,27H,1,3-4,11H2,(H,26,29). The average molecular weight is 474 g/mol. The molecule has 4 rings (SSSR count). The Labute approximate surface area is 193 Å². The second kappa shape index (κ2) is 9.23. The van der Waals surface area contributed by atoms with E-state index in [-0.39, 0.29) is 17.4 Å². The first-order valence-corrected chi connectivity index (χ1v) is 11.3. The zero-order valence-electron chi connectivity index (χ0n) is 16.2. The van der Waals surface area contributed by atoms with Gasteiger partial charge in [0.25, 0.3) is 0 Å². The van der Waals surface area contributed by atoms with Crippen LogP contribution in [-0.2, 0) is 9.59 Å². The Bertz CT molecular complexity index is 1150. The first-order chi connectivity index (χ1) is 15.0. The van der Waals surface area contributed by atoms with E-state index in [2.05, 4.69) is 16.7 Å². The molecule has 0 fully saturated rings. The fourth-order valence-electron chi connectivity index (χ4n) is 3.69. The number of ketones is 1. The Hall–Kier alpha value is -2.66. The lowest BCUT2D eigenvalue weighted by molar-refractivity contribution is -0.116. The van der Waals surface area contributed by atoms with Crippen molar-refractivity contribution in [2.24, 2.45) is 0 Å². The van der Waals surface area contributed by atoms with Gasteiger partial charge < -0.3 is 15.1 Å². The summed E-state index contributed by atoms with van der Waals surface area (Å²) >= 11 is 13.3. The number of furan rings is 1. The number of halogens is 2. The van der Waals surface area contributed by atoms with E-state index in [0.717, 1.165) is 12.1 Å². The molecule has 1 aliphatic heterocycles. The van der Waals surface area contributed by atoms with Gasteiger partial charge in [-0.2, -0.15) is 5.26 Å². The fourth-order valence-corrected chi connectivity index (χ4v) is 4.89. The van der Waals surface area contributed by atoms with E-state index in [9.17, 15) is 14.9 Å². The molecule has 1 aliphatic carbocycles. The summed E-state index contributed by atoms with van der Waals surface area (Å²) in [5, 5.41) is 17.2. The van der Waals surface area contributed by atoms with Crippen LogP contribution >= 0.6 is 35.0 Å². The number of rotatable bonds is 5. The number of carbonyl (C=O) groups is 2. The van der Waals surface area contributed by atoms with Crippen molar-refractivity contribution < 1.29 is 14.0 Å². The van der Waals surface area contributed by atoms with Crippen molar-refractivity contribution in [3.8, 4) is 6.07 Å². The van der Waals surface area contributed by atoms with Gasteiger partial charge in [-0.15, -0.1) is 0 Å². The second-order valence-corrected chi connectivity index (χ2v) is 8.89. The van der Waals surface area contributed by atoms with Crippen LogP contribution < -0.4 is 10.6 Å². The van der Waals surface area contributed by atoms with Gasteiger partial charge in [-0.05, 0) is 43.2 Å². The average Bonchev–Trinajstić information content (AvgIpc) is 3.28. The number of carbonyl (C=O) groups excluding carboxylic acids is 2. The lowest BCUT2D eigenvalue weighted by atomic mass is 9.79. The van der Waals surface area contributed by atoms with Crippen LogP contribution in [0.1, 0.15) is 30.9 Å². The Kier molecular flexibility index (Phi) is 6.42. The summed E-state index contributed by atoms with van der Waals surface area (Å²) in [7, 11) is 0. The first-order valence-electron chi connectivity index (χ1n) is 9.56. The van der Waals surface area contributed by atoms with Crippen molar-refractivity contribution in [2.75, 3.05) is 11.1 Å². The van der Waals surface area contributed by atoms with E-state index in [0.29, 0.717) is 50.5 Å². The third kappa shape index (κ3) is 4.52. The number of nitriles is 1. The molecule has 0 radical (unpaired) electrons. The molecule has 2 aliphatic rings. The lowest BCUT2D eigenvalue weighted by Gasteiger charge is -2.32. The van der Waals surface area contributed by atoms with Gasteiger partial charge in [0.1, 0.15) is 5.76 Å². The quantitative estimate of drug-likeness (QED) is 0.604. The van der Waals surface area contributed by atoms with Gasteiger partial charge in [0.05, 0.1) is 45.3 Å². The minimum absolute atomic E-state index is 0.0142. The number of amides is 1. The zero-order chi connectivity index (χ0) is 22.0. The Morgan fingerprint density at radius 2 is 2.16 bits per heavy atom. The topological polar surface area (TPSA) is 95.1 Å². The molecule has 0 saturated heterocycles. The number of Topliss-reactive ketones (excluding diaryl/α,β-unsaturated/α-hetero) is 1. The largest absolute Gasteiger partial charge is 0.468 e. The predicted octanol–water partition coefficient (Wildman–Crippen LogP) is 5.39. The van der Waals surface area contributed by atoms with Crippen molar-refractivity contribution in [3.05, 3.63) is 74.3 Å². The summed E-state index contributed by atoms with van der Waals surface area (Å²) in [5.74, 6) is -0.279. The highest BCUT2D eigenvalue weighted by atomic mass is 35.5. The van der Waals surface area contributed by atoms with E-state index < -0.39 is 5.92 Å². The van der Waals surface area contributed by atoms with Gasteiger partial charge in [0, 0.05) is 22.7 Å². The number of benzene rings is 1. The SMILES string of the molecule is N#CC1=C(SCC(=O)Nc2cc(Cl)ccc2Cl)NC2=C(C(=O)CCC2)C1c1ccco1. The van der Waals surface area contributed by atoms with Crippen molar-refractivity contribution in [1.82, 2.24) is 5.32 Å². The van der Waals surface area contributed by atoms with Crippen LogP contribution in [0.25, 0.3) is 0 Å². The minimum atomic E-state index is -0.572. The molecular weight excluding hydrogens is 457 g/mol. The summed E-state index contributed by atoms with van der Waals surface area (Å²) in [6.45, 7) is 0. The molecule has 1 atom stereocenters. The molecule has 158 valence electrons. The molecule has 2 heterocycles.